The highest BCUT2D eigenvalue weighted by molar-refractivity contribution is 6.31. The third-order valence-electron chi connectivity index (χ3n) is 1.56. The summed E-state index contributed by atoms with van der Waals surface area (Å²) in [6, 6.07) is 7.19. The molecule has 1 aromatic rings. The molecule has 0 aliphatic carbocycles. The van der Waals surface area contributed by atoms with E-state index in [-0.39, 0.29) is 6.42 Å². The number of rotatable bonds is 3. The third kappa shape index (κ3) is 2.55. The van der Waals surface area contributed by atoms with Crippen molar-refractivity contribution in [3.05, 3.63) is 34.9 Å². The molecular weight excluding hydrogens is 176 g/mol. The molecular formula is C9H8ClO2-. The SMILES string of the molecule is O=C([O-])CCc1ccccc1Cl. The van der Waals surface area contributed by atoms with E-state index in [1.807, 2.05) is 18.2 Å². The quantitative estimate of drug-likeness (QED) is 0.702. The molecule has 0 aliphatic rings. The minimum absolute atomic E-state index is 0.0176. The summed E-state index contributed by atoms with van der Waals surface area (Å²) in [6.07, 6.45) is 0.450. The first-order valence-corrected chi connectivity index (χ1v) is 4.01. The maximum atomic E-state index is 10.1. The zero-order valence-corrected chi connectivity index (χ0v) is 7.17. The topological polar surface area (TPSA) is 40.1 Å². The standard InChI is InChI=1S/C9H9ClO2/c10-8-4-2-1-3-7(8)5-6-9(11)12/h1-4H,5-6H2,(H,11,12)/p-1. The maximum Gasteiger partial charge on any atom is 0.0438 e. The van der Waals surface area contributed by atoms with Gasteiger partial charge in [-0.15, -0.1) is 0 Å². The summed E-state index contributed by atoms with van der Waals surface area (Å²) >= 11 is 5.79. The van der Waals surface area contributed by atoms with E-state index in [1.54, 1.807) is 6.07 Å². The summed E-state index contributed by atoms with van der Waals surface area (Å²) in [4.78, 5) is 10.1. The van der Waals surface area contributed by atoms with Gasteiger partial charge in [0.1, 0.15) is 0 Å². The monoisotopic (exact) mass is 183 g/mol. The summed E-state index contributed by atoms with van der Waals surface area (Å²) in [7, 11) is 0. The highest BCUT2D eigenvalue weighted by Crippen LogP contribution is 2.15. The number of carboxylic acid groups (broad SMARTS) is 1. The molecule has 0 saturated carbocycles. The van der Waals surface area contributed by atoms with Gasteiger partial charge < -0.3 is 9.90 Å². The van der Waals surface area contributed by atoms with Crippen LogP contribution in [0.4, 0.5) is 0 Å². The fourth-order valence-electron chi connectivity index (χ4n) is 0.938. The van der Waals surface area contributed by atoms with Crippen molar-refractivity contribution in [2.24, 2.45) is 0 Å². The van der Waals surface area contributed by atoms with Gasteiger partial charge in [0.15, 0.2) is 0 Å². The summed E-state index contributed by atoms with van der Waals surface area (Å²) < 4.78 is 0. The van der Waals surface area contributed by atoms with Crippen LogP contribution in [0.15, 0.2) is 24.3 Å². The smallest absolute Gasteiger partial charge is 0.0438 e. The lowest BCUT2D eigenvalue weighted by Crippen LogP contribution is -2.22. The third-order valence-corrected chi connectivity index (χ3v) is 1.93. The molecule has 0 saturated heterocycles. The molecule has 3 heteroatoms. The summed E-state index contributed by atoms with van der Waals surface area (Å²) in [5.41, 5.74) is 0.850. The van der Waals surface area contributed by atoms with Crippen LogP contribution in [0.5, 0.6) is 0 Å². The Labute approximate surface area is 75.8 Å². The molecule has 64 valence electrons. The van der Waals surface area contributed by atoms with E-state index >= 15 is 0 Å². The predicted octanol–water partition coefficient (Wildman–Crippen LogP) is 1.02. The molecule has 0 heterocycles. The first-order valence-electron chi connectivity index (χ1n) is 3.63. The van der Waals surface area contributed by atoms with Gasteiger partial charge >= 0.3 is 0 Å². The molecule has 12 heavy (non-hydrogen) atoms. The summed E-state index contributed by atoms with van der Waals surface area (Å²) in [6.45, 7) is 0. The molecule has 1 aromatic carbocycles. The molecule has 0 spiro atoms. The van der Waals surface area contributed by atoms with Crippen LogP contribution in [-0.4, -0.2) is 5.97 Å². The Morgan fingerprint density at radius 1 is 1.42 bits per heavy atom. The zero-order chi connectivity index (χ0) is 8.97. The van der Waals surface area contributed by atoms with Gasteiger partial charge in [-0.05, 0) is 24.5 Å². The summed E-state index contributed by atoms with van der Waals surface area (Å²) in [5.74, 6) is -1.05. The van der Waals surface area contributed by atoms with E-state index in [2.05, 4.69) is 0 Å². The van der Waals surface area contributed by atoms with E-state index in [0.29, 0.717) is 11.4 Å². The van der Waals surface area contributed by atoms with Crippen LogP contribution in [0.1, 0.15) is 12.0 Å². The molecule has 0 aliphatic heterocycles. The van der Waals surface area contributed by atoms with Crippen molar-refractivity contribution in [2.45, 2.75) is 12.8 Å². The number of aliphatic carboxylic acids is 1. The second-order valence-electron chi connectivity index (χ2n) is 2.46. The maximum absolute atomic E-state index is 10.1. The van der Waals surface area contributed by atoms with Gasteiger partial charge in [0.05, 0.1) is 0 Å². The largest absolute Gasteiger partial charge is 0.550 e. The van der Waals surface area contributed by atoms with Crippen LogP contribution in [-0.2, 0) is 11.2 Å². The number of carbonyl (C=O) groups excluding carboxylic acids is 1. The van der Waals surface area contributed by atoms with Crippen molar-refractivity contribution in [3.63, 3.8) is 0 Å². The predicted molar refractivity (Wildman–Crippen MR) is 44.8 cm³/mol. The van der Waals surface area contributed by atoms with Gasteiger partial charge in [-0.3, -0.25) is 0 Å². The second kappa shape index (κ2) is 4.12. The molecule has 0 fully saturated rings. The van der Waals surface area contributed by atoms with E-state index < -0.39 is 5.97 Å². The molecule has 0 N–H and O–H groups in total. The Hall–Kier alpha value is -1.02. The van der Waals surface area contributed by atoms with E-state index in [4.69, 9.17) is 11.6 Å². The minimum Gasteiger partial charge on any atom is -0.550 e. The molecule has 0 atom stereocenters. The molecule has 0 bridgehead atoms. The fraction of sp³-hybridized carbons (Fsp3) is 0.222. The van der Waals surface area contributed by atoms with Gasteiger partial charge in [-0.1, -0.05) is 29.8 Å². The van der Waals surface area contributed by atoms with Crippen molar-refractivity contribution in [1.82, 2.24) is 0 Å². The van der Waals surface area contributed by atoms with Crippen molar-refractivity contribution < 1.29 is 9.90 Å². The van der Waals surface area contributed by atoms with E-state index in [1.165, 1.54) is 0 Å². The Bertz CT molecular complexity index is 284. The number of hydrogen-bond donors (Lipinski definition) is 0. The first-order chi connectivity index (χ1) is 5.70. The number of carboxylic acids is 1. The zero-order valence-electron chi connectivity index (χ0n) is 6.42. The molecule has 1 rings (SSSR count). The van der Waals surface area contributed by atoms with Gasteiger partial charge in [0.25, 0.3) is 0 Å². The van der Waals surface area contributed by atoms with Crippen molar-refractivity contribution in [2.75, 3.05) is 0 Å². The molecule has 2 nitrogen and oxygen atoms in total. The summed E-state index contributed by atoms with van der Waals surface area (Å²) in [5, 5.41) is 10.7. The highest BCUT2D eigenvalue weighted by Gasteiger charge is 1.97. The number of carbonyl (C=O) groups is 1. The van der Waals surface area contributed by atoms with E-state index in [0.717, 1.165) is 5.56 Å². The Morgan fingerprint density at radius 2 is 2.08 bits per heavy atom. The van der Waals surface area contributed by atoms with Crippen LogP contribution in [0, 0.1) is 0 Å². The number of hydrogen-bond acceptors (Lipinski definition) is 2. The van der Waals surface area contributed by atoms with Crippen LogP contribution >= 0.6 is 11.6 Å². The molecule has 0 amide bonds. The van der Waals surface area contributed by atoms with Crippen LogP contribution < -0.4 is 5.11 Å². The molecule has 0 radical (unpaired) electrons. The second-order valence-corrected chi connectivity index (χ2v) is 2.87. The Balaban J connectivity index is 2.63. The average Bonchev–Trinajstić information content (AvgIpc) is 2.03. The van der Waals surface area contributed by atoms with Gasteiger partial charge in [0.2, 0.25) is 0 Å². The first kappa shape index (κ1) is 9.07. The number of benzene rings is 1. The van der Waals surface area contributed by atoms with Gasteiger partial charge in [0, 0.05) is 11.0 Å². The normalized spacial score (nSPS) is 9.75. The lowest BCUT2D eigenvalue weighted by molar-refractivity contribution is -0.305. The van der Waals surface area contributed by atoms with Crippen LogP contribution in [0.3, 0.4) is 0 Å². The molecule has 0 aromatic heterocycles. The highest BCUT2D eigenvalue weighted by atomic mass is 35.5. The number of aryl methyl sites for hydroxylation is 1. The minimum atomic E-state index is -1.05. The van der Waals surface area contributed by atoms with Crippen molar-refractivity contribution in [1.29, 1.82) is 0 Å². The Kier molecular flexibility index (Phi) is 3.11. The van der Waals surface area contributed by atoms with Crippen LogP contribution in [0.2, 0.25) is 5.02 Å². The lowest BCUT2D eigenvalue weighted by atomic mass is 10.1. The van der Waals surface area contributed by atoms with Gasteiger partial charge in [-0.2, -0.15) is 0 Å². The van der Waals surface area contributed by atoms with Crippen molar-refractivity contribution >= 4 is 17.6 Å². The average molecular weight is 184 g/mol. The fourth-order valence-corrected chi connectivity index (χ4v) is 1.17. The number of halogens is 1. The lowest BCUT2D eigenvalue weighted by Gasteiger charge is -2.03. The van der Waals surface area contributed by atoms with Crippen LogP contribution in [0.25, 0.3) is 0 Å². The van der Waals surface area contributed by atoms with Crippen molar-refractivity contribution in [3.8, 4) is 0 Å². The van der Waals surface area contributed by atoms with E-state index in [9.17, 15) is 9.90 Å². The molecule has 0 unspecified atom stereocenters. The Morgan fingerprint density at radius 3 is 2.67 bits per heavy atom. The van der Waals surface area contributed by atoms with Gasteiger partial charge in [-0.25, -0.2) is 0 Å².